The maximum absolute atomic E-state index is 2.09. The van der Waals surface area contributed by atoms with E-state index < -0.39 is 0 Å². The second kappa shape index (κ2) is 37.0. The quantitative estimate of drug-likeness (QED) is 0.277. The van der Waals surface area contributed by atoms with Gasteiger partial charge in [0.15, 0.2) is 17.4 Å². The van der Waals surface area contributed by atoms with Crippen LogP contribution in [0.15, 0.2) is 0 Å². The van der Waals surface area contributed by atoms with Crippen LogP contribution in [0.4, 0.5) is 0 Å². The van der Waals surface area contributed by atoms with Crippen LogP contribution in [-0.4, -0.2) is 49.5 Å². The molecule has 0 aromatic rings. The molecule has 6 heavy (non-hydrogen) atoms. The third-order valence-corrected chi connectivity index (χ3v) is 0. The fourth-order valence-corrected chi connectivity index (χ4v) is 0. The Bertz CT molecular complexity index is 15.5. The van der Waals surface area contributed by atoms with Gasteiger partial charge < -0.3 is 0 Å². The number of hydrogen-bond acceptors (Lipinski definition) is 0. The van der Waals surface area contributed by atoms with Gasteiger partial charge in [-0.25, -0.2) is 0 Å². The van der Waals surface area contributed by atoms with E-state index in [1.807, 2.05) is 0 Å². The van der Waals surface area contributed by atoms with Gasteiger partial charge in [0.2, 0.25) is 0 Å². The van der Waals surface area contributed by atoms with Gasteiger partial charge in [-0.1, -0.05) is 0 Å². The Kier molecular flexibility index (Phi) is 203. The molecule has 0 unspecified atom stereocenters. The summed E-state index contributed by atoms with van der Waals surface area (Å²) in [6.07, 6.45) is 0. The zero-order valence-corrected chi connectivity index (χ0v) is 16.5. The van der Waals surface area contributed by atoms with Crippen LogP contribution >= 0.6 is 0 Å². The monoisotopic (exact) mass is 555 g/mol. The van der Waals surface area contributed by atoms with Crippen molar-refractivity contribution in [1.82, 2.24) is 0 Å². The van der Waals surface area contributed by atoms with Gasteiger partial charge in [0.05, 0.1) is 0 Å². The second-order valence-electron chi connectivity index (χ2n) is 0. The Hall–Kier alpha value is 3.81. The smallest absolute Gasteiger partial charge is 0 e. The van der Waals surface area contributed by atoms with Crippen molar-refractivity contribution in [2.45, 2.75) is 0 Å². The van der Waals surface area contributed by atoms with E-state index in [0.29, 0.717) is 0 Å². The molecule has 35 valence electrons. The first-order valence-corrected chi connectivity index (χ1v) is 7.25. The summed E-state index contributed by atoms with van der Waals surface area (Å²) in [7, 11) is 1.32. The van der Waals surface area contributed by atoms with Crippen molar-refractivity contribution < 1.29 is 66.4 Å². The maximum Gasteiger partial charge on any atom is 0 e. The standard InChI is InChI=1S/Al.Mo.H3Si.Sn.W.Zr.5H/h;;1H3;;;;;;;;. The van der Waals surface area contributed by atoms with Gasteiger partial charge in [0, 0.05) is 47.3 Å². The van der Waals surface area contributed by atoms with E-state index in [-0.39, 0.29) is 88.5 Å². The second-order valence-corrected chi connectivity index (χ2v) is 0. The van der Waals surface area contributed by atoms with E-state index in [2.05, 4.69) is 19.1 Å². The van der Waals surface area contributed by atoms with E-state index in [1.165, 1.54) is 8.21 Å². The van der Waals surface area contributed by atoms with Gasteiger partial charge in [-0.3, -0.25) is 0 Å². The Balaban J connectivity index is -0.000000000833. The van der Waals surface area contributed by atoms with Crippen molar-refractivity contribution in [3.05, 3.63) is 0 Å². The average Bonchev–Trinajstić information content (AvgIpc) is 1.00. The summed E-state index contributed by atoms with van der Waals surface area (Å²) in [6, 6.07) is 0. The van der Waals surface area contributed by atoms with E-state index in [4.69, 9.17) is 0 Å². The predicted molar refractivity (Wildman–Crippen MR) is 28.4 cm³/mol. The number of rotatable bonds is 0. The van der Waals surface area contributed by atoms with Crippen LogP contribution < -0.4 is 0 Å². The first-order chi connectivity index (χ1) is 1.00. The van der Waals surface area contributed by atoms with Crippen LogP contribution in [0.3, 0.4) is 0 Å². The molecule has 0 fully saturated rings. The molecule has 0 aromatic carbocycles. The molecule has 0 aliphatic heterocycles. The van der Waals surface area contributed by atoms with E-state index >= 15 is 0 Å². The molecule has 0 aliphatic rings. The Morgan fingerprint density at radius 3 is 1.17 bits per heavy atom. The summed E-state index contributed by atoms with van der Waals surface area (Å²) in [5.41, 5.74) is 0. The molecule has 0 spiro atoms. The third kappa shape index (κ3) is 25.0. The van der Waals surface area contributed by atoms with Gasteiger partial charge in [-0.05, 0) is 0 Å². The zero-order chi connectivity index (χ0) is 2.00. The van der Waals surface area contributed by atoms with Crippen LogP contribution in [0, 0.1) is 0 Å². The van der Waals surface area contributed by atoms with Crippen molar-refractivity contribution in [3.8, 4) is 0 Å². The molecular weight excluding hydrogens is 545 g/mol. The van der Waals surface area contributed by atoms with Gasteiger partial charge in [-0.15, -0.1) is 0 Å². The van der Waals surface area contributed by atoms with Crippen LogP contribution in [0.5, 0.6) is 0 Å². The summed E-state index contributed by atoms with van der Waals surface area (Å²) >= 11 is 2.09. The summed E-state index contributed by atoms with van der Waals surface area (Å²) in [5, 5.41) is 0. The molecule has 0 aromatic heterocycles. The van der Waals surface area contributed by atoms with Gasteiger partial charge in [0.25, 0.3) is 0 Å². The molecule has 0 amide bonds. The van der Waals surface area contributed by atoms with E-state index in [0.717, 1.165) is 0 Å². The maximum atomic E-state index is 2.09. The van der Waals surface area contributed by atoms with E-state index in [9.17, 15) is 0 Å². The summed E-state index contributed by atoms with van der Waals surface area (Å²) in [4.78, 5) is 0. The normalized spacial score (nSPS) is 1.33. The number of hydrogen-bond donors (Lipinski definition) is 0. The molecule has 0 atom stereocenters. The molecule has 0 heterocycles. The molecule has 0 aliphatic carbocycles. The fraction of sp³-hybridized carbons (Fsp3) is 0. The van der Waals surface area contributed by atoms with Crippen molar-refractivity contribution in [3.63, 3.8) is 0 Å². The van der Waals surface area contributed by atoms with Gasteiger partial charge >= 0.3 is 51.2 Å². The molecule has 0 rings (SSSR count). The predicted octanol–water partition coefficient (Wildman–Crippen LogP) is -3.29. The minimum atomic E-state index is 0. The summed E-state index contributed by atoms with van der Waals surface area (Å²) in [5.74, 6) is 0. The SMILES string of the molecule is [AlH3].[SiH3][Mo].[SnH2].[W].[Zr]. The van der Waals surface area contributed by atoms with E-state index in [1.54, 1.807) is 0 Å². The Labute approximate surface area is 113 Å². The molecule has 0 N–H and O–H groups in total. The minimum absolute atomic E-state index is 0. The first kappa shape index (κ1) is 32.9. The Morgan fingerprint density at radius 1 is 1.17 bits per heavy atom. The van der Waals surface area contributed by atoms with Crippen molar-refractivity contribution in [1.29, 1.82) is 0 Å². The van der Waals surface area contributed by atoms with Gasteiger partial charge in [0.1, 0.15) is 0 Å². The van der Waals surface area contributed by atoms with Gasteiger partial charge in [-0.2, -0.15) is 0 Å². The molecule has 6 heteroatoms. The molecular formula is H8AlMoSiSnWZr. The first-order valence-electron chi connectivity index (χ1n) is 0.408. The molecule has 0 nitrogen and oxygen atoms in total. The molecule has 0 bridgehead atoms. The molecule has 0 saturated carbocycles. The molecule has 0 saturated heterocycles. The van der Waals surface area contributed by atoms with Crippen LogP contribution in [0.1, 0.15) is 0 Å². The minimum Gasteiger partial charge on any atom is 0 e. The summed E-state index contributed by atoms with van der Waals surface area (Å²) < 4.78 is 0. The summed E-state index contributed by atoms with van der Waals surface area (Å²) in [6.45, 7) is 0. The average molecular weight is 553 g/mol. The topological polar surface area (TPSA) is 0 Å². The molecule has 2 radical (unpaired) electrons. The van der Waals surface area contributed by atoms with Crippen LogP contribution in [0.25, 0.3) is 0 Å². The van der Waals surface area contributed by atoms with Crippen LogP contribution in [-0.2, 0) is 66.4 Å². The fourth-order valence-electron chi connectivity index (χ4n) is 0. The third-order valence-electron chi connectivity index (χ3n) is 0. The van der Waals surface area contributed by atoms with Crippen molar-refractivity contribution in [2.24, 2.45) is 0 Å². The zero-order valence-electron chi connectivity index (χ0n) is 3.02. The van der Waals surface area contributed by atoms with Crippen LogP contribution in [0.2, 0.25) is 0 Å². The van der Waals surface area contributed by atoms with Crippen molar-refractivity contribution >= 4 is 49.5 Å². The largest absolute Gasteiger partial charge is 0 e. The Morgan fingerprint density at radius 2 is 1.17 bits per heavy atom. The van der Waals surface area contributed by atoms with Crippen molar-refractivity contribution in [2.75, 3.05) is 0 Å².